The third-order valence-electron chi connectivity index (χ3n) is 6.40. The maximum Gasteiger partial charge on any atom is 0.242 e. The van der Waals surface area contributed by atoms with Gasteiger partial charge in [-0.25, -0.2) is 17.7 Å². The van der Waals surface area contributed by atoms with Crippen molar-refractivity contribution in [1.82, 2.24) is 18.8 Å². The van der Waals surface area contributed by atoms with E-state index in [0.29, 0.717) is 12.1 Å². The molecule has 0 N–H and O–H groups in total. The van der Waals surface area contributed by atoms with Gasteiger partial charge in [0.15, 0.2) is 0 Å². The van der Waals surface area contributed by atoms with Gasteiger partial charge in [-0.2, -0.15) is 0 Å². The van der Waals surface area contributed by atoms with Crippen molar-refractivity contribution >= 4 is 21.1 Å². The largest absolute Gasteiger partial charge is 0.497 e. The van der Waals surface area contributed by atoms with Crippen LogP contribution in [-0.2, 0) is 23.1 Å². The Bertz CT molecular complexity index is 1250. The fourth-order valence-corrected chi connectivity index (χ4v) is 5.58. The Morgan fingerprint density at radius 2 is 1.91 bits per heavy atom. The van der Waals surface area contributed by atoms with Crippen molar-refractivity contribution in [3.05, 3.63) is 47.8 Å². The fourth-order valence-electron chi connectivity index (χ4n) is 4.65. The van der Waals surface area contributed by atoms with Gasteiger partial charge in [0.05, 0.1) is 36.7 Å². The van der Waals surface area contributed by atoms with Gasteiger partial charge in [0.2, 0.25) is 10.0 Å². The molecule has 4 rings (SSSR count). The zero-order chi connectivity index (χ0) is 23.8. The van der Waals surface area contributed by atoms with Gasteiger partial charge in [-0.15, -0.1) is 0 Å². The molecule has 1 aliphatic heterocycles. The van der Waals surface area contributed by atoms with Gasteiger partial charge in [-0.05, 0) is 62.7 Å². The standard InChI is InChI=1S/C24H32N4O4S/c1-6-28-22-11-10-18(33(29,30)26(2)3)15-20(22)25-24(28)16-27-13-7-8-21(27)19-14-17(31-4)9-12-23(19)32-5/h9-12,14-15,21H,6-8,13,16H2,1-5H3/t21-/m1/s1. The molecule has 3 aromatic rings. The second-order valence-electron chi connectivity index (χ2n) is 8.45. The predicted molar refractivity (Wildman–Crippen MR) is 128 cm³/mol. The summed E-state index contributed by atoms with van der Waals surface area (Å²) in [6, 6.07) is 11.3. The molecule has 33 heavy (non-hydrogen) atoms. The monoisotopic (exact) mass is 472 g/mol. The molecule has 0 radical (unpaired) electrons. The maximum absolute atomic E-state index is 12.6. The highest BCUT2D eigenvalue weighted by atomic mass is 32.2. The molecule has 2 heterocycles. The lowest BCUT2D eigenvalue weighted by Gasteiger charge is -2.26. The zero-order valence-corrected chi connectivity index (χ0v) is 20.7. The molecular weight excluding hydrogens is 440 g/mol. The molecule has 1 saturated heterocycles. The normalized spacial score (nSPS) is 17.2. The topological polar surface area (TPSA) is 76.9 Å². The van der Waals surface area contributed by atoms with E-state index in [2.05, 4.69) is 22.5 Å². The van der Waals surface area contributed by atoms with Crippen LogP contribution >= 0.6 is 0 Å². The summed E-state index contributed by atoms with van der Waals surface area (Å²) in [4.78, 5) is 7.54. The molecule has 0 saturated carbocycles. The van der Waals surface area contributed by atoms with E-state index in [1.807, 2.05) is 18.2 Å². The Morgan fingerprint density at radius 1 is 1.12 bits per heavy atom. The Morgan fingerprint density at radius 3 is 2.58 bits per heavy atom. The summed E-state index contributed by atoms with van der Waals surface area (Å²) in [6.07, 6.45) is 2.11. The number of nitrogens with zero attached hydrogens (tertiary/aromatic N) is 4. The highest BCUT2D eigenvalue weighted by molar-refractivity contribution is 7.89. The van der Waals surface area contributed by atoms with Crippen molar-refractivity contribution in [1.29, 1.82) is 0 Å². The van der Waals surface area contributed by atoms with E-state index in [9.17, 15) is 8.42 Å². The lowest BCUT2D eigenvalue weighted by atomic mass is 10.0. The van der Waals surface area contributed by atoms with Crippen LogP contribution in [0.1, 0.15) is 37.2 Å². The first-order chi connectivity index (χ1) is 15.8. The minimum atomic E-state index is -3.51. The second-order valence-corrected chi connectivity index (χ2v) is 10.6. The molecule has 2 aromatic carbocycles. The highest BCUT2D eigenvalue weighted by Gasteiger charge is 2.30. The first kappa shape index (κ1) is 23.5. The first-order valence-electron chi connectivity index (χ1n) is 11.2. The minimum Gasteiger partial charge on any atom is -0.497 e. The number of benzene rings is 2. The molecule has 9 heteroatoms. The molecule has 0 unspecified atom stereocenters. The molecule has 0 aliphatic carbocycles. The lowest BCUT2D eigenvalue weighted by molar-refractivity contribution is 0.234. The summed E-state index contributed by atoms with van der Waals surface area (Å²) in [5, 5.41) is 0. The van der Waals surface area contributed by atoms with Gasteiger partial charge in [0.25, 0.3) is 0 Å². The molecule has 8 nitrogen and oxygen atoms in total. The Kier molecular flexibility index (Phi) is 6.65. The number of ether oxygens (including phenoxy) is 2. The molecule has 1 aromatic heterocycles. The summed E-state index contributed by atoms with van der Waals surface area (Å²) < 4.78 is 39.7. The highest BCUT2D eigenvalue weighted by Crippen LogP contribution is 2.39. The van der Waals surface area contributed by atoms with Crippen molar-refractivity contribution in [2.24, 2.45) is 0 Å². The van der Waals surface area contributed by atoms with Crippen molar-refractivity contribution in [2.75, 3.05) is 34.9 Å². The number of sulfonamides is 1. The van der Waals surface area contributed by atoms with Crippen molar-refractivity contribution < 1.29 is 17.9 Å². The van der Waals surface area contributed by atoms with E-state index < -0.39 is 10.0 Å². The van der Waals surface area contributed by atoms with Crippen LogP contribution in [0.25, 0.3) is 11.0 Å². The van der Waals surface area contributed by atoms with Crippen LogP contribution in [-0.4, -0.2) is 62.0 Å². The van der Waals surface area contributed by atoms with Crippen molar-refractivity contribution in [3.8, 4) is 11.5 Å². The quantitative estimate of drug-likeness (QED) is 0.498. The SMILES string of the molecule is CCn1c(CN2CCC[C@@H]2c2cc(OC)ccc2OC)nc2cc(S(=O)(=O)N(C)C)ccc21. The molecule has 1 fully saturated rings. The molecule has 1 atom stereocenters. The average Bonchev–Trinajstić information content (AvgIpc) is 3.41. The summed E-state index contributed by atoms with van der Waals surface area (Å²) in [7, 11) is 2.93. The number of methoxy groups -OCH3 is 2. The van der Waals surface area contributed by atoms with Crippen LogP contribution in [0.2, 0.25) is 0 Å². The number of hydrogen-bond donors (Lipinski definition) is 0. The van der Waals surface area contributed by atoms with E-state index in [0.717, 1.165) is 54.3 Å². The number of aromatic nitrogens is 2. The minimum absolute atomic E-state index is 0.199. The zero-order valence-electron chi connectivity index (χ0n) is 19.9. The van der Waals surface area contributed by atoms with Crippen molar-refractivity contribution in [3.63, 3.8) is 0 Å². The first-order valence-corrected chi connectivity index (χ1v) is 12.6. The van der Waals surface area contributed by atoms with Crippen LogP contribution in [0.4, 0.5) is 0 Å². The summed E-state index contributed by atoms with van der Waals surface area (Å²) in [5.41, 5.74) is 2.76. The van der Waals surface area contributed by atoms with Gasteiger partial charge in [0, 0.05) is 32.2 Å². The number of hydrogen-bond acceptors (Lipinski definition) is 6. The Labute approximate surface area is 195 Å². The summed E-state index contributed by atoms with van der Waals surface area (Å²) >= 11 is 0. The van der Waals surface area contributed by atoms with E-state index in [-0.39, 0.29) is 10.9 Å². The molecule has 1 aliphatic rings. The maximum atomic E-state index is 12.6. The molecule has 0 bridgehead atoms. The predicted octanol–water partition coefficient (Wildman–Crippen LogP) is 3.66. The number of likely N-dealkylation sites (tertiary alicyclic amines) is 1. The number of rotatable bonds is 8. The van der Waals surface area contributed by atoms with E-state index >= 15 is 0 Å². The van der Waals surface area contributed by atoms with Gasteiger partial charge >= 0.3 is 0 Å². The van der Waals surface area contributed by atoms with Gasteiger partial charge in [-0.1, -0.05) is 0 Å². The van der Waals surface area contributed by atoms with Crippen LogP contribution in [0, 0.1) is 0 Å². The molecule has 0 spiro atoms. The fraction of sp³-hybridized carbons (Fsp3) is 0.458. The lowest BCUT2D eigenvalue weighted by Crippen LogP contribution is -2.25. The third kappa shape index (κ3) is 4.32. The van der Waals surface area contributed by atoms with E-state index in [1.54, 1.807) is 26.4 Å². The van der Waals surface area contributed by atoms with Gasteiger partial charge in [0.1, 0.15) is 17.3 Å². The third-order valence-corrected chi connectivity index (χ3v) is 8.21. The van der Waals surface area contributed by atoms with E-state index in [1.165, 1.54) is 18.4 Å². The van der Waals surface area contributed by atoms with Gasteiger partial charge in [-0.3, -0.25) is 4.90 Å². The Balaban J connectivity index is 1.70. The van der Waals surface area contributed by atoms with Crippen LogP contribution in [0.5, 0.6) is 11.5 Å². The van der Waals surface area contributed by atoms with Crippen LogP contribution in [0.15, 0.2) is 41.3 Å². The second kappa shape index (κ2) is 9.32. The van der Waals surface area contributed by atoms with Crippen LogP contribution < -0.4 is 9.47 Å². The number of imidazole rings is 1. The van der Waals surface area contributed by atoms with Crippen molar-refractivity contribution in [2.45, 2.75) is 43.8 Å². The smallest absolute Gasteiger partial charge is 0.242 e. The average molecular weight is 473 g/mol. The van der Waals surface area contributed by atoms with Crippen LogP contribution in [0.3, 0.4) is 0 Å². The van der Waals surface area contributed by atoms with Gasteiger partial charge < -0.3 is 14.0 Å². The molecule has 0 amide bonds. The van der Waals surface area contributed by atoms with E-state index in [4.69, 9.17) is 14.5 Å². The number of fused-ring (bicyclic) bond motifs is 1. The summed E-state index contributed by atoms with van der Waals surface area (Å²) in [6.45, 7) is 4.47. The molecular formula is C24H32N4O4S. The summed E-state index contributed by atoms with van der Waals surface area (Å²) in [5.74, 6) is 2.60. The Hall–Kier alpha value is -2.62. The number of aryl methyl sites for hydroxylation is 1. The molecule has 178 valence electrons.